The van der Waals surface area contributed by atoms with Gasteiger partial charge in [-0.25, -0.2) is 0 Å². The van der Waals surface area contributed by atoms with Crippen LogP contribution in [0.4, 0.5) is 5.69 Å². The van der Waals surface area contributed by atoms with Crippen LogP contribution in [-0.4, -0.2) is 15.0 Å². The summed E-state index contributed by atoms with van der Waals surface area (Å²) >= 11 is 3.34. The number of rotatable bonds is 3. The summed E-state index contributed by atoms with van der Waals surface area (Å²) in [7, 11) is 1.83. The summed E-state index contributed by atoms with van der Waals surface area (Å²) in [5.74, 6) is 0. The van der Waals surface area contributed by atoms with Crippen molar-refractivity contribution in [3.8, 4) is 6.07 Å². The molecule has 1 heterocycles. The molecule has 0 saturated carbocycles. The van der Waals surface area contributed by atoms with Crippen LogP contribution in [0.25, 0.3) is 0 Å². The Hall–Kier alpha value is -1.87. The van der Waals surface area contributed by atoms with Gasteiger partial charge in [0.25, 0.3) is 0 Å². The number of nitrogens with zero attached hydrogens (tertiary/aromatic N) is 4. The molecule has 1 aromatic heterocycles. The zero-order valence-corrected chi connectivity index (χ0v) is 10.8. The molecular weight excluding hydrogens is 282 g/mol. The predicted molar refractivity (Wildman–Crippen MR) is 67.2 cm³/mol. The van der Waals surface area contributed by atoms with Gasteiger partial charge in [-0.2, -0.15) is 5.26 Å². The van der Waals surface area contributed by atoms with Crippen molar-refractivity contribution in [2.45, 2.75) is 6.54 Å². The number of aryl methyl sites for hydroxylation is 1. The topological polar surface area (TPSA) is 66.5 Å². The lowest BCUT2D eigenvalue weighted by Crippen LogP contribution is -2.06. The minimum absolute atomic E-state index is 0.583. The van der Waals surface area contributed by atoms with Crippen LogP contribution in [0.15, 0.2) is 28.9 Å². The Morgan fingerprint density at radius 2 is 2.35 bits per heavy atom. The highest BCUT2D eigenvalue weighted by Gasteiger charge is 2.04. The SMILES string of the molecule is Cn1nncc1CNc1ccc(Br)cc1C#N. The summed E-state index contributed by atoms with van der Waals surface area (Å²) in [4.78, 5) is 0. The molecule has 17 heavy (non-hydrogen) atoms. The van der Waals surface area contributed by atoms with E-state index >= 15 is 0 Å². The van der Waals surface area contributed by atoms with Crippen LogP contribution in [0.3, 0.4) is 0 Å². The molecule has 0 bridgehead atoms. The predicted octanol–water partition coefficient (Wildman–Crippen LogP) is 2.06. The highest BCUT2D eigenvalue weighted by atomic mass is 79.9. The van der Waals surface area contributed by atoms with E-state index in [9.17, 15) is 0 Å². The first-order chi connectivity index (χ1) is 8.20. The van der Waals surface area contributed by atoms with E-state index in [1.165, 1.54) is 0 Å². The molecular formula is C11H10BrN5. The standard InChI is InChI=1S/C11H10BrN5/c1-17-10(7-15-16-17)6-14-11-3-2-9(12)4-8(11)5-13/h2-4,7,14H,6H2,1H3. The Kier molecular flexibility index (Phi) is 3.40. The number of aromatic nitrogens is 3. The van der Waals surface area contributed by atoms with Gasteiger partial charge in [-0.3, -0.25) is 4.68 Å². The zero-order chi connectivity index (χ0) is 12.3. The van der Waals surface area contributed by atoms with E-state index in [0.29, 0.717) is 12.1 Å². The number of halogens is 1. The lowest BCUT2D eigenvalue weighted by atomic mass is 10.2. The van der Waals surface area contributed by atoms with Crippen LogP contribution in [0.1, 0.15) is 11.3 Å². The number of anilines is 1. The molecule has 0 aliphatic carbocycles. The second kappa shape index (κ2) is 4.97. The van der Waals surface area contributed by atoms with Crippen LogP contribution in [0, 0.1) is 11.3 Å². The smallest absolute Gasteiger partial charge is 0.101 e. The summed E-state index contributed by atoms with van der Waals surface area (Å²) in [6, 6.07) is 7.69. The zero-order valence-electron chi connectivity index (χ0n) is 9.18. The molecule has 0 unspecified atom stereocenters. The molecule has 2 rings (SSSR count). The first-order valence-corrected chi connectivity index (χ1v) is 5.77. The average molecular weight is 292 g/mol. The van der Waals surface area contributed by atoms with Crippen LogP contribution in [0.5, 0.6) is 0 Å². The quantitative estimate of drug-likeness (QED) is 0.940. The van der Waals surface area contributed by atoms with Crippen LogP contribution in [-0.2, 0) is 13.6 Å². The highest BCUT2D eigenvalue weighted by molar-refractivity contribution is 9.10. The monoisotopic (exact) mass is 291 g/mol. The molecule has 0 aliphatic rings. The number of nitrogens with one attached hydrogen (secondary N) is 1. The minimum atomic E-state index is 0.583. The Bertz CT molecular complexity index is 569. The second-order valence-corrected chi connectivity index (χ2v) is 4.42. The third-order valence-corrected chi connectivity index (χ3v) is 2.86. The Morgan fingerprint density at radius 1 is 1.53 bits per heavy atom. The fourth-order valence-corrected chi connectivity index (χ4v) is 1.78. The molecule has 0 spiro atoms. The normalized spacial score (nSPS) is 9.94. The average Bonchev–Trinajstić information content (AvgIpc) is 2.73. The van der Waals surface area contributed by atoms with Gasteiger partial charge in [0.05, 0.1) is 29.7 Å². The van der Waals surface area contributed by atoms with Gasteiger partial charge in [-0.1, -0.05) is 21.1 Å². The summed E-state index contributed by atoms with van der Waals surface area (Å²) < 4.78 is 2.58. The summed E-state index contributed by atoms with van der Waals surface area (Å²) in [5.41, 5.74) is 2.36. The highest BCUT2D eigenvalue weighted by Crippen LogP contribution is 2.20. The number of nitriles is 1. The largest absolute Gasteiger partial charge is 0.378 e. The van der Waals surface area contributed by atoms with Crippen LogP contribution < -0.4 is 5.32 Å². The molecule has 5 nitrogen and oxygen atoms in total. The van der Waals surface area contributed by atoms with Gasteiger partial charge in [0.1, 0.15) is 6.07 Å². The van der Waals surface area contributed by atoms with Gasteiger partial charge in [0.15, 0.2) is 0 Å². The molecule has 0 aliphatic heterocycles. The van der Waals surface area contributed by atoms with Gasteiger partial charge in [-0.15, -0.1) is 5.10 Å². The van der Waals surface area contributed by atoms with Crippen molar-refractivity contribution in [3.63, 3.8) is 0 Å². The van der Waals surface area contributed by atoms with Crippen LogP contribution in [0.2, 0.25) is 0 Å². The van der Waals surface area contributed by atoms with E-state index in [0.717, 1.165) is 15.9 Å². The molecule has 2 aromatic rings. The maximum Gasteiger partial charge on any atom is 0.101 e. The van der Waals surface area contributed by atoms with Crippen molar-refractivity contribution >= 4 is 21.6 Å². The second-order valence-electron chi connectivity index (χ2n) is 3.50. The van der Waals surface area contributed by atoms with E-state index in [4.69, 9.17) is 5.26 Å². The van der Waals surface area contributed by atoms with Gasteiger partial charge in [0, 0.05) is 11.5 Å². The van der Waals surface area contributed by atoms with Crippen molar-refractivity contribution < 1.29 is 0 Å². The van der Waals surface area contributed by atoms with Crippen molar-refractivity contribution in [1.29, 1.82) is 5.26 Å². The molecule has 86 valence electrons. The van der Waals surface area contributed by atoms with E-state index < -0.39 is 0 Å². The number of hydrogen-bond acceptors (Lipinski definition) is 4. The summed E-state index contributed by atoms with van der Waals surface area (Å²) in [6.45, 7) is 0.583. The Morgan fingerprint density at radius 3 is 3.00 bits per heavy atom. The van der Waals surface area contributed by atoms with E-state index in [1.54, 1.807) is 16.9 Å². The minimum Gasteiger partial charge on any atom is -0.378 e. The lowest BCUT2D eigenvalue weighted by molar-refractivity contribution is 0.683. The van der Waals surface area contributed by atoms with Gasteiger partial charge < -0.3 is 5.32 Å². The van der Waals surface area contributed by atoms with Crippen molar-refractivity contribution in [1.82, 2.24) is 15.0 Å². The molecule has 0 saturated heterocycles. The van der Waals surface area contributed by atoms with E-state index in [-0.39, 0.29) is 0 Å². The third-order valence-electron chi connectivity index (χ3n) is 2.37. The Labute approximate surface area is 107 Å². The first-order valence-electron chi connectivity index (χ1n) is 4.98. The van der Waals surface area contributed by atoms with Crippen molar-refractivity contribution in [2.24, 2.45) is 7.05 Å². The van der Waals surface area contributed by atoms with E-state index in [1.807, 2.05) is 19.2 Å². The first kappa shape index (κ1) is 11.6. The lowest BCUT2D eigenvalue weighted by Gasteiger charge is -2.08. The molecule has 0 fully saturated rings. The van der Waals surface area contributed by atoms with Crippen molar-refractivity contribution in [2.75, 3.05) is 5.32 Å². The summed E-state index contributed by atoms with van der Waals surface area (Å²) in [6.07, 6.45) is 1.69. The van der Waals surface area contributed by atoms with Crippen molar-refractivity contribution in [3.05, 3.63) is 40.1 Å². The molecule has 1 N–H and O–H groups in total. The van der Waals surface area contributed by atoms with Gasteiger partial charge in [-0.05, 0) is 18.2 Å². The number of hydrogen-bond donors (Lipinski definition) is 1. The molecule has 0 amide bonds. The van der Waals surface area contributed by atoms with Gasteiger partial charge >= 0.3 is 0 Å². The maximum atomic E-state index is 9.01. The fourth-order valence-electron chi connectivity index (χ4n) is 1.42. The fraction of sp³-hybridized carbons (Fsp3) is 0.182. The molecule has 6 heteroatoms. The molecule has 0 radical (unpaired) electrons. The number of benzene rings is 1. The van der Waals surface area contributed by atoms with E-state index in [2.05, 4.69) is 37.6 Å². The Balaban J connectivity index is 2.15. The molecule has 0 atom stereocenters. The molecule has 1 aromatic carbocycles. The van der Waals surface area contributed by atoms with Gasteiger partial charge in [0.2, 0.25) is 0 Å². The van der Waals surface area contributed by atoms with Crippen LogP contribution >= 0.6 is 15.9 Å². The summed E-state index contributed by atoms with van der Waals surface area (Å²) in [5, 5.41) is 19.8. The maximum absolute atomic E-state index is 9.01. The third kappa shape index (κ3) is 2.63.